The van der Waals surface area contributed by atoms with E-state index in [0.29, 0.717) is 18.7 Å². The number of carbonyl (C=O) groups is 1. The van der Waals surface area contributed by atoms with Crippen LogP contribution >= 0.6 is 0 Å². The lowest BCUT2D eigenvalue weighted by Gasteiger charge is -2.46. The minimum atomic E-state index is -0.921. The van der Waals surface area contributed by atoms with E-state index >= 15 is 0 Å². The minimum Gasteiger partial charge on any atom is -0.385 e. The molecule has 2 bridgehead atoms. The van der Waals surface area contributed by atoms with Crippen molar-refractivity contribution >= 4 is 5.91 Å². The fourth-order valence-electron chi connectivity index (χ4n) is 4.45. The Balaban J connectivity index is 1.56. The van der Waals surface area contributed by atoms with E-state index in [1.165, 1.54) is 18.6 Å². The smallest absolute Gasteiger partial charge is 0.226 e. The van der Waals surface area contributed by atoms with Gasteiger partial charge in [0.2, 0.25) is 5.91 Å². The van der Waals surface area contributed by atoms with Crippen LogP contribution in [0.4, 0.5) is 4.39 Å². The second-order valence-corrected chi connectivity index (χ2v) is 7.21. The summed E-state index contributed by atoms with van der Waals surface area (Å²) in [6, 6.07) is 6.45. The number of piperidine rings is 1. The van der Waals surface area contributed by atoms with Gasteiger partial charge in [0.15, 0.2) is 0 Å². The predicted octanol–water partition coefficient (Wildman–Crippen LogP) is 2.97. The highest BCUT2D eigenvalue weighted by Crippen LogP contribution is 2.47. The average molecular weight is 303 g/mol. The van der Waals surface area contributed by atoms with Gasteiger partial charge in [-0.05, 0) is 43.4 Å². The van der Waals surface area contributed by atoms with E-state index in [4.69, 9.17) is 0 Å². The molecule has 0 spiro atoms. The largest absolute Gasteiger partial charge is 0.385 e. The minimum absolute atomic E-state index is 0.141. The molecule has 1 amide bonds. The Labute approximate surface area is 130 Å². The molecule has 1 saturated carbocycles. The molecule has 2 heterocycles. The molecule has 2 atom stereocenters. The normalized spacial score (nSPS) is 34.5. The third kappa shape index (κ3) is 2.16. The Hall–Kier alpha value is -1.42. The van der Waals surface area contributed by atoms with Gasteiger partial charge in [0, 0.05) is 30.8 Å². The first-order valence-electron chi connectivity index (χ1n) is 8.37. The van der Waals surface area contributed by atoms with Crippen molar-refractivity contribution < 1.29 is 14.3 Å². The van der Waals surface area contributed by atoms with Gasteiger partial charge >= 0.3 is 0 Å². The lowest BCUT2D eigenvalue weighted by Crippen LogP contribution is -2.54. The second-order valence-electron chi connectivity index (χ2n) is 7.21. The van der Waals surface area contributed by atoms with Crippen molar-refractivity contribution in [2.75, 3.05) is 0 Å². The summed E-state index contributed by atoms with van der Waals surface area (Å²) in [5.74, 6) is 0.243. The van der Waals surface area contributed by atoms with Crippen molar-refractivity contribution in [2.45, 2.75) is 62.6 Å². The summed E-state index contributed by atoms with van der Waals surface area (Å²) in [5, 5.41) is 11.1. The van der Waals surface area contributed by atoms with E-state index in [0.717, 1.165) is 31.2 Å². The highest BCUT2D eigenvalue weighted by Gasteiger charge is 2.51. The van der Waals surface area contributed by atoms with Crippen LogP contribution in [0.3, 0.4) is 0 Å². The Morgan fingerprint density at radius 3 is 2.18 bits per heavy atom. The Bertz CT molecular complexity index is 567. The van der Waals surface area contributed by atoms with Crippen LogP contribution in [0.25, 0.3) is 0 Å². The monoisotopic (exact) mass is 303 g/mol. The summed E-state index contributed by atoms with van der Waals surface area (Å²) in [5.41, 5.74) is -0.142. The highest BCUT2D eigenvalue weighted by molar-refractivity contribution is 5.80. The molecule has 0 radical (unpaired) electrons. The molecule has 2 aliphatic heterocycles. The van der Waals surface area contributed by atoms with Gasteiger partial charge < -0.3 is 10.0 Å². The number of fused-ring (bicyclic) bond motifs is 2. The number of aliphatic hydroxyl groups is 1. The molecule has 0 aromatic heterocycles. The number of nitrogens with zero attached hydrogens (tertiary/aromatic N) is 1. The van der Waals surface area contributed by atoms with Crippen LogP contribution in [0.1, 0.15) is 50.5 Å². The summed E-state index contributed by atoms with van der Waals surface area (Å²) < 4.78 is 13.1. The molecule has 1 N–H and O–H groups in total. The predicted molar refractivity (Wildman–Crippen MR) is 80.5 cm³/mol. The van der Waals surface area contributed by atoms with E-state index in [-0.39, 0.29) is 23.8 Å². The Kier molecular flexibility index (Phi) is 3.26. The van der Waals surface area contributed by atoms with Gasteiger partial charge in [-0.2, -0.15) is 0 Å². The van der Waals surface area contributed by atoms with Gasteiger partial charge in [-0.15, -0.1) is 0 Å². The first kappa shape index (κ1) is 14.2. The maximum atomic E-state index is 13.1. The van der Waals surface area contributed by atoms with Crippen LogP contribution in [-0.2, 0) is 10.4 Å². The summed E-state index contributed by atoms with van der Waals surface area (Å²) in [6.45, 7) is 0. The molecule has 1 aliphatic carbocycles. The molecule has 3 fully saturated rings. The zero-order valence-corrected chi connectivity index (χ0v) is 12.7. The molecule has 1 aromatic rings. The molecule has 118 valence electrons. The molecule has 4 heteroatoms. The average Bonchev–Trinajstić information content (AvgIpc) is 2.70. The topological polar surface area (TPSA) is 40.5 Å². The number of halogens is 1. The van der Waals surface area contributed by atoms with Crippen molar-refractivity contribution in [1.82, 2.24) is 4.90 Å². The van der Waals surface area contributed by atoms with Crippen LogP contribution in [-0.4, -0.2) is 28.0 Å². The van der Waals surface area contributed by atoms with Gasteiger partial charge in [0.25, 0.3) is 0 Å². The molecule has 22 heavy (non-hydrogen) atoms. The summed E-state index contributed by atoms with van der Waals surface area (Å²) in [7, 11) is 0. The summed E-state index contributed by atoms with van der Waals surface area (Å²) in [6.07, 6.45) is 6.33. The number of benzene rings is 1. The quantitative estimate of drug-likeness (QED) is 0.912. The third-order valence-electron chi connectivity index (χ3n) is 5.86. The van der Waals surface area contributed by atoms with Crippen LogP contribution in [0.15, 0.2) is 24.3 Å². The van der Waals surface area contributed by atoms with Gasteiger partial charge in [-0.3, -0.25) is 4.79 Å². The molecule has 4 rings (SSSR count). The van der Waals surface area contributed by atoms with Crippen LogP contribution in [0, 0.1) is 11.7 Å². The van der Waals surface area contributed by atoms with E-state index in [2.05, 4.69) is 4.90 Å². The summed E-state index contributed by atoms with van der Waals surface area (Å²) in [4.78, 5) is 14.7. The van der Waals surface area contributed by atoms with Crippen molar-refractivity contribution in [3.8, 4) is 0 Å². The zero-order valence-electron chi connectivity index (χ0n) is 12.7. The fraction of sp³-hybridized carbons (Fsp3) is 0.611. The highest BCUT2D eigenvalue weighted by atomic mass is 19.1. The van der Waals surface area contributed by atoms with E-state index in [1.54, 1.807) is 12.1 Å². The van der Waals surface area contributed by atoms with E-state index in [9.17, 15) is 14.3 Å². The number of hydrogen-bond acceptors (Lipinski definition) is 2. The molecular weight excluding hydrogens is 281 g/mol. The lowest BCUT2D eigenvalue weighted by molar-refractivity contribution is -0.149. The van der Waals surface area contributed by atoms with Crippen LogP contribution < -0.4 is 0 Å². The molecular formula is C18H22FNO2. The molecule has 3 aliphatic rings. The lowest BCUT2D eigenvalue weighted by atomic mass is 9.78. The van der Waals surface area contributed by atoms with Gasteiger partial charge in [-0.25, -0.2) is 4.39 Å². The number of amides is 1. The number of carbonyl (C=O) groups excluding carboxylic acids is 1. The van der Waals surface area contributed by atoms with Crippen molar-refractivity contribution in [1.29, 1.82) is 0 Å². The first-order valence-corrected chi connectivity index (χ1v) is 8.37. The second kappa shape index (κ2) is 5.05. The summed E-state index contributed by atoms with van der Waals surface area (Å²) >= 11 is 0. The fourth-order valence-corrected chi connectivity index (χ4v) is 4.45. The van der Waals surface area contributed by atoms with Crippen molar-refractivity contribution in [3.63, 3.8) is 0 Å². The molecule has 3 nitrogen and oxygen atoms in total. The van der Waals surface area contributed by atoms with Gasteiger partial charge in [0.05, 0.1) is 5.60 Å². The molecule has 0 unspecified atom stereocenters. The van der Waals surface area contributed by atoms with Crippen LogP contribution in [0.2, 0.25) is 0 Å². The van der Waals surface area contributed by atoms with Crippen LogP contribution in [0.5, 0.6) is 0 Å². The first-order chi connectivity index (χ1) is 10.6. The van der Waals surface area contributed by atoms with E-state index < -0.39 is 5.60 Å². The Morgan fingerprint density at radius 2 is 1.68 bits per heavy atom. The van der Waals surface area contributed by atoms with E-state index in [1.807, 2.05) is 0 Å². The number of hydrogen-bond donors (Lipinski definition) is 1. The van der Waals surface area contributed by atoms with Gasteiger partial charge in [0.1, 0.15) is 5.82 Å². The van der Waals surface area contributed by atoms with Crippen molar-refractivity contribution in [3.05, 3.63) is 35.6 Å². The van der Waals surface area contributed by atoms with Gasteiger partial charge in [-0.1, -0.05) is 18.6 Å². The SMILES string of the molecule is O=C(C1CCC1)N1[C@@H]2CC[C@@H]1CC(O)(c1ccc(F)cc1)C2. The maximum absolute atomic E-state index is 13.1. The third-order valence-corrected chi connectivity index (χ3v) is 5.86. The Morgan fingerprint density at radius 1 is 1.09 bits per heavy atom. The number of rotatable bonds is 2. The zero-order chi connectivity index (χ0) is 15.3. The standard InChI is InChI=1S/C18H22FNO2/c19-14-6-4-13(5-7-14)18(22)10-15-8-9-16(11-18)20(15)17(21)12-2-1-3-12/h4-7,12,15-16,22H,1-3,8-11H2/t15-,16-/m1/s1. The molecule has 2 saturated heterocycles. The molecule has 1 aromatic carbocycles. The van der Waals surface area contributed by atoms with Crippen molar-refractivity contribution in [2.24, 2.45) is 5.92 Å². The maximum Gasteiger partial charge on any atom is 0.226 e.